The average molecular weight is 273 g/mol. The highest BCUT2D eigenvalue weighted by Gasteiger charge is 2.43. The summed E-state index contributed by atoms with van der Waals surface area (Å²) in [6.45, 7) is 0.310. The molecule has 0 aromatic heterocycles. The predicted octanol–water partition coefficient (Wildman–Crippen LogP) is 0.487. The lowest BCUT2D eigenvalue weighted by Gasteiger charge is -2.27. The van der Waals surface area contributed by atoms with Gasteiger partial charge in [-0.2, -0.15) is 0 Å². The molecule has 1 amide bonds. The number of carboxylic acid groups (broad SMARTS) is 1. The molecule has 0 aromatic carbocycles. The van der Waals surface area contributed by atoms with Crippen molar-refractivity contribution in [1.29, 1.82) is 0 Å². The van der Waals surface area contributed by atoms with E-state index < -0.39 is 17.5 Å². The summed E-state index contributed by atoms with van der Waals surface area (Å²) in [7, 11) is 3.05. The van der Waals surface area contributed by atoms with Crippen molar-refractivity contribution in [3.63, 3.8) is 0 Å². The van der Waals surface area contributed by atoms with Gasteiger partial charge in [-0.15, -0.1) is 0 Å². The van der Waals surface area contributed by atoms with Crippen LogP contribution in [0.25, 0.3) is 0 Å². The third-order valence-corrected chi connectivity index (χ3v) is 3.77. The third-order valence-electron chi connectivity index (χ3n) is 3.77. The van der Waals surface area contributed by atoms with Gasteiger partial charge in [0.1, 0.15) is 0 Å². The van der Waals surface area contributed by atoms with E-state index in [4.69, 9.17) is 4.74 Å². The summed E-state index contributed by atoms with van der Waals surface area (Å²) < 4.78 is 4.79. The smallest absolute Gasteiger partial charge is 0.310 e. The van der Waals surface area contributed by atoms with Crippen molar-refractivity contribution >= 4 is 11.9 Å². The number of ether oxygens (including phenoxy) is 1. The number of likely N-dealkylation sites (N-methyl/N-ethyl adjacent to an activating group) is 1. The topological polar surface area (TPSA) is 87.1 Å². The Morgan fingerprint density at radius 3 is 2.42 bits per heavy atom. The highest BCUT2D eigenvalue weighted by atomic mass is 16.5. The molecular weight excluding hydrogens is 250 g/mol. The monoisotopic (exact) mass is 273 g/mol. The molecule has 0 aliphatic heterocycles. The quantitative estimate of drug-likeness (QED) is 0.705. The summed E-state index contributed by atoms with van der Waals surface area (Å²) in [6, 6.07) is 0. The summed E-state index contributed by atoms with van der Waals surface area (Å²) >= 11 is 0. The molecule has 0 saturated heterocycles. The molecule has 2 N–H and O–H groups in total. The number of rotatable bonds is 7. The molecule has 6 nitrogen and oxygen atoms in total. The van der Waals surface area contributed by atoms with Crippen LogP contribution in [0.15, 0.2) is 0 Å². The zero-order valence-electron chi connectivity index (χ0n) is 11.6. The van der Waals surface area contributed by atoms with E-state index in [1.54, 1.807) is 7.05 Å². The van der Waals surface area contributed by atoms with Crippen molar-refractivity contribution in [2.45, 2.75) is 38.2 Å². The molecule has 110 valence electrons. The molecular formula is C13H23NO5. The normalized spacial score (nSPS) is 19.1. The minimum Gasteiger partial charge on any atom is -0.481 e. The lowest BCUT2D eigenvalue weighted by molar-refractivity contribution is -0.153. The maximum atomic E-state index is 12.1. The summed E-state index contributed by atoms with van der Waals surface area (Å²) in [6.07, 6.45) is 2.10. The van der Waals surface area contributed by atoms with Crippen LogP contribution in [0.3, 0.4) is 0 Å². The van der Waals surface area contributed by atoms with Gasteiger partial charge in [0.2, 0.25) is 5.91 Å². The first-order valence-electron chi connectivity index (χ1n) is 6.55. The van der Waals surface area contributed by atoms with Crippen molar-refractivity contribution in [2.24, 2.45) is 5.41 Å². The van der Waals surface area contributed by atoms with E-state index in [1.165, 1.54) is 12.0 Å². The Bertz CT molecular complexity index is 325. The van der Waals surface area contributed by atoms with Crippen molar-refractivity contribution in [3.05, 3.63) is 0 Å². The average Bonchev–Trinajstić information content (AvgIpc) is 2.79. The first kappa shape index (κ1) is 15.9. The van der Waals surface area contributed by atoms with Gasteiger partial charge in [0.05, 0.1) is 18.1 Å². The van der Waals surface area contributed by atoms with E-state index in [1.807, 2.05) is 0 Å². The highest BCUT2D eigenvalue weighted by Crippen LogP contribution is 2.41. The van der Waals surface area contributed by atoms with E-state index in [0.717, 1.165) is 12.8 Å². The van der Waals surface area contributed by atoms with Gasteiger partial charge < -0.3 is 19.8 Å². The van der Waals surface area contributed by atoms with Crippen molar-refractivity contribution in [2.75, 3.05) is 27.3 Å². The molecule has 1 unspecified atom stereocenters. The summed E-state index contributed by atoms with van der Waals surface area (Å²) in [5.74, 6) is -1.12. The number of aliphatic carboxylic acids is 1. The van der Waals surface area contributed by atoms with Crippen LogP contribution in [-0.2, 0) is 14.3 Å². The molecule has 1 aliphatic carbocycles. The number of carbonyl (C=O) groups is 2. The van der Waals surface area contributed by atoms with Crippen molar-refractivity contribution < 1.29 is 24.5 Å². The molecule has 0 radical (unpaired) electrons. The molecule has 1 atom stereocenters. The molecule has 0 heterocycles. The summed E-state index contributed by atoms with van der Waals surface area (Å²) in [4.78, 5) is 24.8. The molecule has 1 rings (SSSR count). The van der Waals surface area contributed by atoms with Gasteiger partial charge in [-0.25, -0.2) is 0 Å². The van der Waals surface area contributed by atoms with Crippen molar-refractivity contribution in [1.82, 2.24) is 4.90 Å². The molecule has 6 heteroatoms. The minimum absolute atomic E-state index is 0.0124. The van der Waals surface area contributed by atoms with Crippen LogP contribution in [0.2, 0.25) is 0 Å². The van der Waals surface area contributed by atoms with Gasteiger partial charge in [0.25, 0.3) is 0 Å². The van der Waals surface area contributed by atoms with E-state index in [9.17, 15) is 19.8 Å². The standard InChI is InChI=1S/C13H23NO5/c1-14(8-10(15)9-19-2)11(16)7-13(12(17)18)5-3-4-6-13/h10,15H,3-9H2,1-2H3,(H,17,18). The number of methoxy groups -OCH3 is 1. The largest absolute Gasteiger partial charge is 0.481 e. The molecule has 19 heavy (non-hydrogen) atoms. The number of hydrogen-bond acceptors (Lipinski definition) is 4. The van der Waals surface area contributed by atoms with Crippen LogP contribution >= 0.6 is 0 Å². The first-order valence-corrected chi connectivity index (χ1v) is 6.55. The molecule has 1 aliphatic rings. The number of aliphatic hydroxyl groups excluding tert-OH is 1. The van der Waals surface area contributed by atoms with Crippen LogP contribution in [-0.4, -0.2) is 60.4 Å². The van der Waals surface area contributed by atoms with Gasteiger partial charge in [-0.3, -0.25) is 9.59 Å². The molecule has 1 fully saturated rings. The fourth-order valence-corrected chi connectivity index (χ4v) is 2.61. The Kier molecular flexibility index (Phi) is 5.75. The summed E-state index contributed by atoms with van der Waals surface area (Å²) in [5.41, 5.74) is -0.905. The fourth-order valence-electron chi connectivity index (χ4n) is 2.61. The molecule has 1 saturated carbocycles. The number of carboxylic acids is 1. The van der Waals surface area contributed by atoms with Gasteiger partial charge in [-0.1, -0.05) is 12.8 Å². The van der Waals surface area contributed by atoms with Crippen LogP contribution in [0, 0.1) is 5.41 Å². The second-order valence-electron chi connectivity index (χ2n) is 5.35. The van der Waals surface area contributed by atoms with E-state index in [0.29, 0.717) is 12.8 Å². The van der Waals surface area contributed by atoms with Crippen LogP contribution in [0.5, 0.6) is 0 Å². The Balaban J connectivity index is 2.55. The van der Waals surface area contributed by atoms with Crippen LogP contribution in [0.4, 0.5) is 0 Å². The molecule has 0 aromatic rings. The number of carbonyl (C=O) groups excluding carboxylic acids is 1. The van der Waals surface area contributed by atoms with Gasteiger partial charge in [0, 0.05) is 27.1 Å². The first-order chi connectivity index (χ1) is 8.91. The maximum Gasteiger partial charge on any atom is 0.310 e. The lowest BCUT2D eigenvalue weighted by atomic mass is 9.82. The Hall–Kier alpha value is -1.14. The van der Waals surface area contributed by atoms with Crippen LogP contribution < -0.4 is 0 Å². The Morgan fingerprint density at radius 2 is 1.95 bits per heavy atom. The summed E-state index contributed by atoms with van der Waals surface area (Å²) in [5, 5.41) is 18.9. The predicted molar refractivity (Wildman–Crippen MR) is 68.7 cm³/mol. The van der Waals surface area contributed by atoms with Gasteiger partial charge in [-0.05, 0) is 12.8 Å². The van der Waals surface area contributed by atoms with Crippen molar-refractivity contribution in [3.8, 4) is 0 Å². The minimum atomic E-state index is -0.905. The highest BCUT2D eigenvalue weighted by molar-refractivity contribution is 5.85. The number of aliphatic hydroxyl groups is 1. The third kappa shape index (κ3) is 4.18. The maximum absolute atomic E-state index is 12.1. The zero-order chi connectivity index (χ0) is 14.5. The number of nitrogens with zero attached hydrogens (tertiary/aromatic N) is 1. The van der Waals surface area contributed by atoms with Crippen LogP contribution in [0.1, 0.15) is 32.1 Å². The Morgan fingerprint density at radius 1 is 1.37 bits per heavy atom. The van der Waals surface area contributed by atoms with E-state index in [2.05, 4.69) is 0 Å². The second-order valence-corrected chi connectivity index (χ2v) is 5.35. The number of amides is 1. The zero-order valence-corrected chi connectivity index (χ0v) is 11.6. The van der Waals surface area contributed by atoms with E-state index >= 15 is 0 Å². The SMILES string of the molecule is COCC(O)CN(C)C(=O)CC1(C(=O)O)CCCC1. The van der Waals surface area contributed by atoms with E-state index in [-0.39, 0.29) is 25.5 Å². The molecule has 0 bridgehead atoms. The Labute approximate surface area is 113 Å². The fraction of sp³-hybridized carbons (Fsp3) is 0.846. The lowest BCUT2D eigenvalue weighted by Crippen LogP contribution is -2.40. The number of hydrogen-bond donors (Lipinski definition) is 2. The van der Waals surface area contributed by atoms with Gasteiger partial charge >= 0.3 is 5.97 Å². The van der Waals surface area contributed by atoms with Gasteiger partial charge in [0.15, 0.2) is 0 Å². The molecule has 0 spiro atoms. The second kappa shape index (κ2) is 6.86.